The normalized spacial score (nSPS) is 21.6. The minimum atomic E-state index is -3.50. The predicted octanol–water partition coefficient (Wildman–Crippen LogP) is 1.90. The van der Waals surface area contributed by atoms with Crippen molar-refractivity contribution in [2.75, 3.05) is 31.0 Å². The molecule has 1 N–H and O–H groups in total. The fourth-order valence-corrected chi connectivity index (χ4v) is 4.34. The van der Waals surface area contributed by atoms with Crippen LogP contribution in [0, 0.1) is 0 Å². The van der Waals surface area contributed by atoms with Gasteiger partial charge in [0.1, 0.15) is 17.0 Å². The van der Waals surface area contributed by atoms with Crippen LogP contribution in [-0.2, 0) is 25.9 Å². The number of aliphatic hydroxyl groups is 1. The number of nitrogens with zero attached hydrogens (tertiary/aromatic N) is 3. The van der Waals surface area contributed by atoms with Gasteiger partial charge in [0.2, 0.25) is 0 Å². The molecule has 2 aliphatic heterocycles. The van der Waals surface area contributed by atoms with Gasteiger partial charge < -0.3 is 19.5 Å². The van der Waals surface area contributed by atoms with Gasteiger partial charge >= 0.3 is 0 Å². The van der Waals surface area contributed by atoms with Crippen LogP contribution < -0.4 is 9.64 Å². The van der Waals surface area contributed by atoms with Gasteiger partial charge in [-0.25, -0.2) is 18.4 Å². The lowest BCUT2D eigenvalue weighted by atomic mass is 10.0. The third-order valence-corrected chi connectivity index (χ3v) is 7.96. The number of aliphatic hydroxyl groups excluding tert-OH is 1. The summed E-state index contributed by atoms with van der Waals surface area (Å²) in [6, 6.07) is 7.35. The molecule has 2 aromatic rings. The monoisotopic (exact) mass is 433 g/mol. The number of hydrogen-bond acceptors (Lipinski definition) is 8. The van der Waals surface area contributed by atoms with E-state index in [1.807, 2.05) is 24.3 Å². The van der Waals surface area contributed by atoms with Gasteiger partial charge in [-0.1, -0.05) is 18.2 Å². The highest BCUT2D eigenvalue weighted by atomic mass is 32.2. The van der Waals surface area contributed by atoms with Crippen LogP contribution in [0.1, 0.15) is 32.0 Å². The number of morpholine rings is 1. The molecule has 0 saturated carbocycles. The lowest BCUT2D eigenvalue weighted by Crippen LogP contribution is -2.56. The lowest BCUT2D eigenvalue weighted by Gasteiger charge is -2.45. The maximum absolute atomic E-state index is 12.7. The van der Waals surface area contributed by atoms with Crippen molar-refractivity contribution in [3.8, 4) is 17.1 Å². The zero-order chi connectivity index (χ0) is 21.7. The van der Waals surface area contributed by atoms with E-state index in [0.29, 0.717) is 48.5 Å². The topological polar surface area (TPSA) is 102 Å². The zero-order valence-electron chi connectivity index (χ0n) is 17.6. The minimum Gasteiger partial charge on any atom is -0.486 e. The summed E-state index contributed by atoms with van der Waals surface area (Å²) >= 11 is 0. The Morgan fingerprint density at radius 1 is 1.23 bits per heavy atom. The average molecular weight is 434 g/mol. The van der Waals surface area contributed by atoms with E-state index < -0.39 is 14.6 Å². The predicted molar refractivity (Wildman–Crippen MR) is 113 cm³/mol. The maximum atomic E-state index is 12.7. The van der Waals surface area contributed by atoms with Crippen LogP contribution in [0.15, 0.2) is 24.3 Å². The number of fused-ring (bicyclic) bond motifs is 3. The smallest absolute Gasteiger partial charge is 0.185 e. The first kappa shape index (κ1) is 21.0. The summed E-state index contributed by atoms with van der Waals surface area (Å²) in [6.07, 6.45) is 1.20. The molecule has 1 saturated heterocycles. The molecular weight excluding hydrogens is 406 g/mol. The van der Waals surface area contributed by atoms with Crippen LogP contribution in [0.5, 0.6) is 5.75 Å². The van der Waals surface area contributed by atoms with E-state index in [1.165, 1.54) is 6.26 Å². The van der Waals surface area contributed by atoms with Crippen LogP contribution in [-0.4, -0.2) is 61.7 Å². The molecule has 1 aromatic carbocycles. The molecule has 0 unspecified atom stereocenters. The number of rotatable bonds is 4. The van der Waals surface area contributed by atoms with E-state index in [9.17, 15) is 13.5 Å². The summed E-state index contributed by atoms with van der Waals surface area (Å²) in [7, 11) is -3.50. The molecule has 9 heteroatoms. The second-order valence-electron chi connectivity index (χ2n) is 8.45. The summed E-state index contributed by atoms with van der Waals surface area (Å²) in [6.45, 7) is 6.68. The Morgan fingerprint density at radius 2 is 2.00 bits per heavy atom. The molecule has 0 aliphatic carbocycles. The van der Waals surface area contributed by atoms with Crippen molar-refractivity contribution in [2.24, 2.45) is 0 Å². The fraction of sp³-hybridized carbons (Fsp3) is 0.524. The van der Waals surface area contributed by atoms with Crippen LogP contribution in [0.4, 0.5) is 5.82 Å². The number of aromatic nitrogens is 2. The van der Waals surface area contributed by atoms with Crippen LogP contribution >= 0.6 is 0 Å². The Morgan fingerprint density at radius 3 is 2.70 bits per heavy atom. The summed E-state index contributed by atoms with van der Waals surface area (Å²) in [5, 5.41) is 9.52. The highest BCUT2D eigenvalue weighted by molar-refractivity contribution is 7.91. The first-order valence-corrected chi connectivity index (χ1v) is 11.8. The number of sulfone groups is 1. The number of ether oxygens (including phenoxy) is 2. The Bertz CT molecular complexity index is 1070. The van der Waals surface area contributed by atoms with Gasteiger partial charge in [-0.05, 0) is 32.4 Å². The van der Waals surface area contributed by atoms with Crippen LogP contribution in [0.2, 0.25) is 0 Å². The van der Waals surface area contributed by atoms with Gasteiger partial charge in [-0.2, -0.15) is 0 Å². The second kappa shape index (κ2) is 7.47. The van der Waals surface area contributed by atoms with Crippen molar-refractivity contribution < 1.29 is 23.0 Å². The van der Waals surface area contributed by atoms with Gasteiger partial charge in [0, 0.05) is 11.8 Å². The zero-order valence-corrected chi connectivity index (χ0v) is 18.4. The summed E-state index contributed by atoms with van der Waals surface area (Å²) in [5.74, 6) is 1.41. The van der Waals surface area contributed by atoms with Gasteiger partial charge in [-0.3, -0.25) is 0 Å². The Kier molecular flexibility index (Phi) is 5.24. The molecular formula is C21H27N3O5S. The molecule has 162 valence electrons. The van der Waals surface area contributed by atoms with Crippen LogP contribution in [0.25, 0.3) is 11.4 Å². The van der Waals surface area contributed by atoms with Crippen molar-refractivity contribution in [1.29, 1.82) is 0 Å². The first-order valence-electron chi connectivity index (χ1n) is 9.94. The van der Waals surface area contributed by atoms with Crippen molar-refractivity contribution in [3.63, 3.8) is 0 Å². The van der Waals surface area contributed by atoms with E-state index >= 15 is 0 Å². The fourth-order valence-electron chi connectivity index (χ4n) is 3.85. The quantitative estimate of drug-likeness (QED) is 0.780. The van der Waals surface area contributed by atoms with E-state index in [1.54, 1.807) is 13.8 Å². The number of hydrogen-bond donors (Lipinski definition) is 1. The van der Waals surface area contributed by atoms with E-state index in [2.05, 4.69) is 16.8 Å². The van der Waals surface area contributed by atoms with Crippen LogP contribution in [0.3, 0.4) is 0 Å². The molecule has 0 amide bonds. The standard InChI is InChI=1S/C21H27N3O5S/c1-13-10-28-11-16-12-29-17-18(21(2,3)30(4,26)27)22-19(23-20(17)24(13)16)15-7-5-6-14(8-15)9-25/h5-8,13,16,25H,9-12H2,1-4H3/t13-,16+/m1/s1. The molecule has 0 spiro atoms. The largest absolute Gasteiger partial charge is 0.486 e. The third kappa shape index (κ3) is 3.44. The average Bonchev–Trinajstić information content (AvgIpc) is 2.72. The van der Waals surface area contributed by atoms with Crippen molar-refractivity contribution in [1.82, 2.24) is 9.97 Å². The van der Waals surface area contributed by atoms with Gasteiger partial charge in [-0.15, -0.1) is 0 Å². The molecule has 2 aliphatic rings. The molecule has 8 nitrogen and oxygen atoms in total. The van der Waals surface area contributed by atoms with Gasteiger partial charge in [0.15, 0.2) is 27.2 Å². The minimum absolute atomic E-state index is 0.00183. The van der Waals surface area contributed by atoms with Gasteiger partial charge in [0.05, 0.1) is 31.9 Å². The first-order chi connectivity index (χ1) is 14.1. The third-order valence-electron chi connectivity index (χ3n) is 5.91. The summed E-state index contributed by atoms with van der Waals surface area (Å²) in [5.41, 5.74) is 1.78. The molecule has 4 rings (SSSR count). The van der Waals surface area contributed by atoms with E-state index in [0.717, 1.165) is 5.56 Å². The summed E-state index contributed by atoms with van der Waals surface area (Å²) in [4.78, 5) is 11.6. The molecule has 0 radical (unpaired) electrons. The highest BCUT2D eigenvalue weighted by Gasteiger charge is 2.43. The molecule has 30 heavy (non-hydrogen) atoms. The summed E-state index contributed by atoms with van der Waals surface area (Å²) < 4.78 is 35.7. The Hall–Kier alpha value is -2.23. The number of anilines is 1. The molecule has 1 fully saturated rings. The molecule has 1 aromatic heterocycles. The highest BCUT2D eigenvalue weighted by Crippen LogP contribution is 2.44. The van der Waals surface area contributed by atoms with Crippen molar-refractivity contribution in [2.45, 2.75) is 44.2 Å². The van der Waals surface area contributed by atoms with Crippen molar-refractivity contribution in [3.05, 3.63) is 35.5 Å². The van der Waals surface area contributed by atoms with E-state index in [-0.39, 0.29) is 18.7 Å². The maximum Gasteiger partial charge on any atom is 0.185 e. The molecule has 3 heterocycles. The lowest BCUT2D eigenvalue weighted by molar-refractivity contribution is 0.0482. The molecule has 0 bridgehead atoms. The second-order valence-corrected chi connectivity index (χ2v) is 11.0. The SMILES string of the molecule is C[C@@H]1COC[C@H]2COc3c(nc(-c4cccc(CO)c4)nc3C(C)(C)S(C)(=O)=O)N21. The van der Waals surface area contributed by atoms with E-state index in [4.69, 9.17) is 14.5 Å². The number of benzene rings is 1. The van der Waals surface area contributed by atoms with Gasteiger partial charge in [0.25, 0.3) is 0 Å². The Labute approximate surface area is 176 Å². The Balaban J connectivity index is 1.98. The van der Waals surface area contributed by atoms with Crippen molar-refractivity contribution >= 4 is 15.7 Å². The molecule has 2 atom stereocenters.